The molecular weight excluding hydrogens is 493 g/mol. The Morgan fingerprint density at radius 1 is 1.15 bits per heavy atom. The molecule has 1 aliphatic rings. The van der Waals surface area contributed by atoms with Gasteiger partial charge in [-0.3, -0.25) is 9.69 Å². The highest BCUT2D eigenvalue weighted by atomic mass is 79.9. The van der Waals surface area contributed by atoms with Crippen molar-refractivity contribution in [3.8, 4) is 5.75 Å². The van der Waals surface area contributed by atoms with Gasteiger partial charge in [0, 0.05) is 22.3 Å². The molecule has 1 aliphatic heterocycles. The van der Waals surface area contributed by atoms with Crippen molar-refractivity contribution in [2.45, 2.75) is 19.2 Å². The number of anilines is 2. The zero-order valence-corrected chi connectivity index (χ0v) is 19.2. The molecule has 170 valence electrons. The minimum Gasteiger partial charge on any atom is -0.494 e. The van der Waals surface area contributed by atoms with Crippen LogP contribution in [0.15, 0.2) is 71.2 Å². The van der Waals surface area contributed by atoms with Gasteiger partial charge < -0.3 is 20.5 Å². The molecule has 7 nitrogen and oxygen atoms in total. The number of halogens is 2. The lowest BCUT2D eigenvalue weighted by Gasteiger charge is -2.42. The van der Waals surface area contributed by atoms with Crippen LogP contribution >= 0.6 is 15.9 Å². The predicted molar refractivity (Wildman–Crippen MR) is 125 cm³/mol. The number of urea groups is 1. The Morgan fingerprint density at radius 3 is 2.52 bits per heavy atom. The van der Waals surface area contributed by atoms with Gasteiger partial charge in [-0.2, -0.15) is 0 Å². The number of carbonyl (C=O) groups is 2. The monoisotopic (exact) mass is 513 g/mol. The number of nitrogens with zero attached hydrogens (tertiary/aromatic N) is 1. The average Bonchev–Trinajstić information content (AvgIpc) is 2.80. The van der Waals surface area contributed by atoms with Crippen LogP contribution in [0.1, 0.15) is 18.1 Å². The van der Waals surface area contributed by atoms with Crippen LogP contribution in [0, 0.1) is 5.82 Å². The fraction of sp³-hybridized carbons (Fsp3) is 0.167. The molecule has 0 spiro atoms. The number of carbonyl (C=O) groups excluding carboxylic acids is 2. The van der Waals surface area contributed by atoms with E-state index in [9.17, 15) is 19.1 Å². The zero-order chi connectivity index (χ0) is 23.6. The molecule has 1 atom stereocenters. The number of amides is 3. The van der Waals surface area contributed by atoms with E-state index >= 15 is 0 Å². The summed E-state index contributed by atoms with van der Waals surface area (Å²) >= 11 is 3.37. The van der Waals surface area contributed by atoms with E-state index in [2.05, 4.69) is 26.6 Å². The van der Waals surface area contributed by atoms with E-state index in [1.165, 1.54) is 24.3 Å². The molecule has 0 saturated carbocycles. The topological polar surface area (TPSA) is 90.9 Å². The molecule has 0 aliphatic carbocycles. The first kappa shape index (κ1) is 22.8. The summed E-state index contributed by atoms with van der Waals surface area (Å²) in [5.41, 5.74) is -0.919. The van der Waals surface area contributed by atoms with Crippen molar-refractivity contribution in [2.24, 2.45) is 0 Å². The normalized spacial score (nSPS) is 17.2. The standard InChI is InChI=1S/C24H21BrFN3O4/c1-2-33-19-10-8-18(9-11-19)29-23(31)28-21-12-5-16(25)13-20(21)24(29,32)22(30)27-14-15-3-6-17(26)7-4-15/h3-13,32H,2,14H2,1H3,(H,27,30)(H,28,31)/t24-/m0/s1. The number of aliphatic hydroxyl groups is 1. The summed E-state index contributed by atoms with van der Waals surface area (Å²) < 4.78 is 19.3. The van der Waals surface area contributed by atoms with Gasteiger partial charge in [0.05, 0.1) is 12.3 Å². The van der Waals surface area contributed by atoms with Crippen molar-refractivity contribution in [1.29, 1.82) is 0 Å². The number of rotatable bonds is 6. The van der Waals surface area contributed by atoms with Gasteiger partial charge in [0.2, 0.25) is 0 Å². The molecule has 3 amide bonds. The maximum Gasteiger partial charge on any atom is 0.329 e. The Kier molecular flexibility index (Phi) is 6.35. The van der Waals surface area contributed by atoms with Crippen LogP contribution in [0.5, 0.6) is 5.75 Å². The summed E-state index contributed by atoms with van der Waals surface area (Å²) in [5, 5.41) is 17.2. The molecule has 1 heterocycles. The lowest BCUT2D eigenvalue weighted by atomic mass is 9.94. The molecule has 0 saturated heterocycles. The van der Waals surface area contributed by atoms with E-state index in [-0.39, 0.29) is 12.1 Å². The zero-order valence-electron chi connectivity index (χ0n) is 17.6. The lowest BCUT2D eigenvalue weighted by Crippen LogP contribution is -2.62. The first-order valence-electron chi connectivity index (χ1n) is 10.2. The van der Waals surface area contributed by atoms with Crippen molar-refractivity contribution in [1.82, 2.24) is 5.32 Å². The summed E-state index contributed by atoms with van der Waals surface area (Å²) in [4.78, 5) is 27.5. The SMILES string of the molecule is CCOc1ccc(N2C(=O)Nc3ccc(Br)cc3[C@]2(O)C(=O)NCc2ccc(F)cc2)cc1. The van der Waals surface area contributed by atoms with Gasteiger partial charge in [0.1, 0.15) is 11.6 Å². The van der Waals surface area contributed by atoms with E-state index in [1.807, 2.05) is 6.92 Å². The third-order valence-corrected chi connectivity index (χ3v) is 5.71. The third-order valence-electron chi connectivity index (χ3n) is 5.21. The quantitative estimate of drug-likeness (QED) is 0.452. The van der Waals surface area contributed by atoms with Crippen LogP contribution in [-0.4, -0.2) is 23.7 Å². The Hall–Kier alpha value is -3.43. The van der Waals surface area contributed by atoms with Crippen molar-refractivity contribution < 1.29 is 23.8 Å². The van der Waals surface area contributed by atoms with Crippen LogP contribution in [0.4, 0.5) is 20.6 Å². The second-order valence-corrected chi connectivity index (χ2v) is 8.28. The molecule has 9 heteroatoms. The first-order valence-corrected chi connectivity index (χ1v) is 11.0. The maximum absolute atomic E-state index is 13.4. The minimum atomic E-state index is -2.35. The molecule has 3 aromatic rings. The molecular formula is C24H21BrFN3O4. The molecule has 4 rings (SSSR count). The molecule has 3 aromatic carbocycles. The van der Waals surface area contributed by atoms with Crippen LogP contribution in [0.3, 0.4) is 0 Å². The molecule has 0 aromatic heterocycles. The Labute approximate surface area is 198 Å². The average molecular weight is 514 g/mol. The maximum atomic E-state index is 13.4. The van der Waals surface area contributed by atoms with E-state index in [4.69, 9.17) is 4.74 Å². The lowest BCUT2D eigenvalue weighted by molar-refractivity contribution is -0.140. The summed E-state index contributed by atoms with van der Waals surface area (Å²) in [7, 11) is 0. The van der Waals surface area contributed by atoms with E-state index in [0.29, 0.717) is 33.8 Å². The van der Waals surface area contributed by atoms with Crippen molar-refractivity contribution in [3.05, 3.63) is 88.1 Å². The highest BCUT2D eigenvalue weighted by Crippen LogP contribution is 2.41. The van der Waals surface area contributed by atoms with Crippen LogP contribution in [0.2, 0.25) is 0 Å². The van der Waals surface area contributed by atoms with E-state index in [1.54, 1.807) is 42.5 Å². The fourth-order valence-corrected chi connectivity index (χ4v) is 4.01. The second kappa shape index (κ2) is 9.21. The van der Waals surface area contributed by atoms with E-state index in [0.717, 1.165) is 4.90 Å². The Morgan fingerprint density at radius 2 is 1.85 bits per heavy atom. The van der Waals surface area contributed by atoms with Gasteiger partial charge in [-0.15, -0.1) is 0 Å². The molecule has 3 N–H and O–H groups in total. The van der Waals surface area contributed by atoms with Gasteiger partial charge in [-0.25, -0.2) is 9.18 Å². The number of fused-ring (bicyclic) bond motifs is 1. The summed E-state index contributed by atoms with van der Waals surface area (Å²) in [6.45, 7) is 2.36. The molecule has 33 heavy (non-hydrogen) atoms. The van der Waals surface area contributed by atoms with Gasteiger partial charge >= 0.3 is 6.03 Å². The molecule has 0 fully saturated rings. The summed E-state index contributed by atoms with van der Waals surface area (Å²) in [6, 6.07) is 16.3. The van der Waals surface area contributed by atoms with Gasteiger partial charge in [-0.05, 0) is 67.1 Å². The van der Waals surface area contributed by atoms with Crippen LogP contribution in [-0.2, 0) is 17.1 Å². The number of benzene rings is 3. The summed E-state index contributed by atoms with van der Waals surface area (Å²) in [5.74, 6) is -0.617. The smallest absolute Gasteiger partial charge is 0.329 e. The summed E-state index contributed by atoms with van der Waals surface area (Å²) in [6.07, 6.45) is 0. The highest BCUT2D eigenvalue weighted by Gasteiger charge is 2.52. The predicted octanol–water partition coefficient (Wildman–Crippen LogP) is 4.50. The fourth-order valence-electron chi connectivity index (χ4n) is 3.65. The van der Waals surface area contributed by atoms with Gasteiger partial charge in [-0.1, -0.05) is 28.1 Å². The second-order valence-electron chi connectivity index (χ2n) is 7.36. The third kappa shape index (κ3) is 4.42. The number of hydrogen-bond acceptors (Lipinski definition) is 4. The van der Waals surface area contributed by atoms with E-state index < -0.39 is 23.5 Å². The molecule has 0 radical (unpaired) electrons. The largest absolute Gasteiger partial charge is 0.494 e. The van der Waals surface area contributed by atoms with Gasteiger partial charge in [0.15, 0.2) is 0 Å². The first-order chi connectivity index (χ1) is 15.8. The Bertz CT molecular complexity index is 1190. The van der Waals surface area contributed by atoms with Gasteiger partial charge in [0.25, 0.3) is 11.6 Å². The van der Waals surface area contributed by atoms with Crippen molar-refractivity contribution >= 4 is 39.2 Å². The minimum absolute atomic E-state index is 0.0312. The molecule has 0 bridgehead atoms. The Balaban J connectivity index is 1.74. The van der Waals surface area contributed by atoms with Crippen molar-refractivity contribution in [3.63, 3.8) is 0 Å². The van der Waals surface area contributed by atoms with Crippen LogP contribution in [0.25, 0.3) is 0 Å². The van der Waals surface area contributed by atoms with Crippen molar-refractivity contribution in [2.75, 3.05) is 16.8 Å². The van der Waals surface area contributed by atoms with Crippen LogP contribution < -0.4 is 20.3 Å². The molecule has 0 unspecified atom stereocenters. The number of nitrogens with one attached hydrogen (secondary N) is 2. The number of hydrogen-bond donors (Lipinski definition) is 3. The number of ether oxygens (including phenoxy) is 1. The highest BCUT2D eigenvalue weighted by molar-refractivity contribution is 9.10.